The van der Waals surface area contributed by atoms with E-state index in [2.05, 4.69) is 56.7 Å². The fourth-order valence-corrected chi connectivity index (χ4v) is 3.42. The third kappa shape index (κ3) is 3.17. The average Bonchev–Trinajstić information content (AvgIpc) is 2.81. The minimum Gasteiger partial charge on any atom is -0.374 e. The van der Waals surface area contributed by atoms with Crippen LogP contribution >= 0.6 is 9.24 Å². The van der Waals surface area contributed by atoms with Crippen LogP contribution in [0.1, 0.15) is 12.5 Å². The summed E-state index contributed by atoms with van der Waals surface area (Å²) in [6.07, 6.45) is 0.339. The summed E-state index contributed by atoms with van der Waals surface area (Å²) in [5.41, 5.74) is 1.39. The van der Waals surface area contributed by atoms with E-state index < -0.39 is 0 Å². The van der Waals surface area contributed by atoms with Gasteiger partial charge in [-0.15, -0.1) is 9.24 Å². The lowest BCUT2D eigenvalue weighted by atomic mass is 10.1. The lowest BCUT2D eigenvalue weighted by Crippen LogP contribution is -2.45. The van der Waals surface area contributed by atoms with Crippen molar-refractivity contribution in [2.75, 3.05) is 26.2 Å². The molecule has 19 heavy (non-hydrogen) atoms. The summed E-state index contributed by atoms with van der Waals surface area (Å²) in [7, 11) is 2.98. The first-order valence-corrected chi connectivity index (χ1v) is 7.61. The van der Waals surface area contributed by atoms with E-state index in [9.17, 15) is 0 Å². The molecule has 0 spiro atoms. The maximum Gasteiger partial charge on any atom is 0.0867 e. The fourth-order valence-electron chi connectivity index (χ4n) is 3.09. The van der Waals surface area contributed by atoms with Gasteiger partial charge >= 0.3 is 0 Å². The highest BCUT2D eigenvalue weighted by molar-refractivity contribution is 7.19. The van der Waals surface area contributed by atoms with Gasteiger partial charge in [0.1, 0.15) is 0 Å². The molecule has 4 unspecified atom stereocenters. The number of ether oxygens (including phenoxy) is 1. The molecule has 3 rings (SSSR count). The van der Waals surface area contributed by atoms with Crippen LogP contribution in [-0.4, -0.2) is 48.4 Å². The summed E-state index contributed by atoms with van der Waals surface area (Å²) in [4.78, 5) is 2.58. The Bertz CT molecular complexity index is 423. The van der Waals surface area contributed by atoms with E-state index in [1.165, 1.54) is 5.56 Å². The number of hydrogen-bond donors (Lipinski definition) is 1. The lowest BCUT2D eigenvalue weighted by molar-refractivity contribution is 0.0389. The van der Waals surface area contributed by atoms with E-state index in [-0.39, 0.29) is 5.16 Å². The van der Waals surface area contributed by atoms with Gasteiger partial charge < -0.3 is 10.1 Å². The smallest absolute Gasteiger partial charge is 0.0867 e. The van der Waals surface area contributed by atoms with E-state index in [0.717, 1.165) is 32.8 Å². The van der Waals surface area contributed by atoms with Crippen LogP contribution in [0, 0.1) is 0 Å². The maximum atomic E-state index is 6.09. The van der Waals surface area contributed by atoms with Crippen molar-refractivity contribution in [1.29, 1.82) is 0 Å². The Hall–Kier alpha value is -0.470. The Morgan fingerprint density at radius 3 is 2.95 bits per heavy atom. The maximum absolute atomic E-state index is 6.09. The third-order valence-corrected chi connectivity index (χ3v) is 4.37. The fraction of sp³-hybridized carbons (Fsp3) is 0.600. The Morgan fingerprint density at radius 1 is 1.37 bits per heavy atom. The van der Waals surface area contributed by atoms with E-state index >= 15 is 0 Å². The molecule has 3 nitrogen and oxygen atoms in total. The summed E-state index contributed by atoms with van der Waals surface area (Å²) >= 11 is 0. The predicted octanol–water partition coefficient (Wildman–Crippen LogP) is 1.49. The van der Waals surface area contributed by atoms with Crippen molar-refractivity contribution in [2.24, 2.45) is 0 Å². The van der Waals surface area contributed by atoms with Gasteiger partial charge in [0.05, 0.1) is 12.7 Å². The number of fused-ring (bicyclic) bond motifs is 1. The van der Waals surface area contributed by atoms with Gasteiger partial charge in [0.25, 0.3) is 0 Å². The molecule has 2 heterocycles. The standard InChI is InChI=1S/C15H23N2OP/c1-15(19)10-17(9-12-5-3-2-4-6-12)13-7-16-8-14(13)18-11-15/h2-6,13-14,16H,7-11,19H2,1H3. The van der Waals surface area contributed by atoms with Gasteiger partial charge in [-0.25, -0.2) is 0 Å². The van der Waals surface area contributed by atoms with Crippen LogP contribution in [0.4, 0.5) is 0 Å². The SMILES string of the molecule is CC1(P)COC2CNCC2N(Cc2ccccc2)C1. The summed E-state index contributed by atoms with van der Waals surface area (Å²) in [5, 5.41) is 3.61. The van der Waals surface area contributed by atoms with Gasteiger partial charge in [0.2, 0.25) is 0 Å². The molecule has 4 atom stereocenters. The van der Waals surface area contributed by atoms with Crippen molar-refractivity contribution in [3.05, 3.63) is 35.9 Å². The van der Waals surface area contributed by atoms with Crippen molar-refractivity contribution in [1.82, 2.24) is 10.2 Å². The zero-order valence-electron chi connectivity index (χ0n) is 11.5. The highest BCUT2D eigenvalue weighted by Crippen LogP contribution is 2.29. The van der Waals surface area contributed by atoms with Crippen LogP contribution in [0.2, 0.25) is 0 Å². The summed E-state index contributed by atoms with van der Waals surface area (Å²) in [6.45, 7) is 7.19. The van der Waals surface area contributed by atoms with Crippen LogP contribution in [0.3, 0.4) is 0 Å². The Balaban J connectivity index is 1.79. The van der Waals surface area contributed by atoms with Crippen LogP contribution in [0.5, 0.6) is 0 Å². The first kappa shape index (κ1) is 13.5. The molecule has 2 saturated heterocycles. The first-order valence-electron chi connectivity index (χ1n) is 7.03. The average molecular weight is 278 g/mol. The number of nitrogens with zero attached hydrogens (tertiary/aromatic N) is 1. The molecular formula is C15H23N2OP. The van der Waals surface area contributed by atoms with Gasteiger partial charge in [0.15, 0.2) is 0 Å². The minimum absolute atomic E-state index is 0.152. The van der Waals surface area contributed by atoms with E-state index in [1.807, 2.05) is 0 Å². The van der Waals surface area contributed by atoms with Crippen LogP contribution in [0.25, 0.3) is 0 Å². The van der Waals surface area contributed by atoms with Gasteiger partial charge in [-0.1, -0.05) is 37.3 Å². The van der Waals surface area contributed by atoms with Crippen molar-refractivity contribution < 1.29 is 4.74 Å². The van der Waals surface area contributed by atoms with Crippen molar-refractivity contribution in [2.45, 2.75) is 30.8 Å². The van der Waals surface area contributed by atoms with Crippen LogP contribution in [-0.2, 0) is 11.3 Å². The van der Waals surface area contributed by atoms with Crippen LogP contribution < -0.4 is 5.32 Å². The molecule has 0 aliphatic carbocycles. The van der Waals surface area contributed by atoms with Crippen LogP contribution in [0.15, 0.2) is 30.3 Å². The van der Waals surface area contributed by atoms with Crippen molar-refractivity contribution >= 4 is 9.24 Å². The molecule has 0 amide bonds. The number of benzene rings is 1. The van der Waals surface area contributed by atoms with Gasteiger partial charge in [-0.3, -0.25) is 4.90 Å². The van der Waals surface area contributed by atoms with Gasteiger partial charge in [-0.05, 0) is 5.56 Å². The molecule has 0 aromatic heterocycles. The van der Waals surface area contributed by atoms with Crippen molar-refractivity contribution in [3.63, 3.8) is 0 Å². The normalized spacial score (nSPS) is 35.9. The topological polar surface area (TPSA) is 24.5 Å². The van der Waals surface area contributed by atoms with E-state index in [1.54, 1.807) is 0 Å². The summed E-state index contributed by atoms with van der Waals surface area (Å²) < 4.78 is 6.09. The quantitative estimate of drug-likeness (QED) is 0.830. The molecule has 4 heteroatoms. The molecule has 2 aliphatic heterocycles. The number of hydrogen-bond acceptors (Lipinski definition) is 3. The highest BCUT2D eigenvalue weighted by Gasteiger charge is 2.39. The predicted molar refractivity (Wildman–Crippen MR) is 81.4 cm³/mol. The Labute approximate surface area is 117 Å². The number of rotatable bonds is 2. The molecule has 1 N–H and O–H groups in total. The third-order valence-electron chi connectivity index (χ3n) is 4.02. The molecule has 1 aromatic rings. The molecule has 1 aromatic carbocycles. The second-order valence-electron chi connectivity index (χ2n) is 6.12. The second-order valence-corrected chi connectivity index (χ2v) is 7.51. The largest absolute Gasteiger partial charge is 0.374 e. The molecule has 0 bridgehead atoms. The Kier molecular flexibility index (Phi) is 3.91. The highest BCUT2D eigenvalue weighted by atomic mass is 31.0. The molecule has 0 radical (unpaired) electrons. The minimum atomic E-state index is 0.152. The zero-order chi connectivity index (χ0) is 13.3. The zero-order valence-corrected chi connectivity index (χ0v) is 12.7. The molecule has 2 fully saturated rings. The van der Waals surface area contributed by atoms with E-state index in [4.69, 9.17) is 4.74 Å². The monoisotopic (exact) mass is 278 g/mol. The van der Waals surface area contributed by atoms with Gasteiger partial charge in [-0.2, -0.15) is 0 Å². The molecular weight excluding hydrogens is 255 g/mol. The van der Waals surface area contributed by atoms with E-state index in [0.29, 0.717) is 12.1 Å². The molecule has 2 aliphatic rings. The summed E-state index contributed by atoms with van der Waals surface area (Å²) in [5.74, 6) is 0. The first-order chi connectivity index (χ1) is 9.14. The molecule has 104 valence electrons. The lowest BCUT2D eigenvalue weighted by Gasteiger charge is -2.32. The summed E-state index contributed by atoms with van der Waals surface area (Å²) in [6, 6.07) is 11.2. The van der Waals surface area contributed by atoms with Gasteiger partial charge in [0, 0.05) is 37.4 Å². The second kappa shape index (κ2) is 5.49. The molecule has 0 saturated carbocycles. The number of nitrogens with one attached hydrogen (secondary N) is 1. The Morgan fingerprint density at radius 2 is 2.16 bits per heavy atom. The van der Waals surface area contributed by atoms with Crippen molar-refractivity contribution in [3.8, 4) is 0 Å².